The third-order valence-electron chi connectivity index (χ3n) is 3.45. The van der Waals surface area contributed by atoms with Crippen molar-refractivity contribution < 1.29 is 9.13 Å². The van der Waals surface area contributed by atoms with Gasteiger partial charge in [-0.05, 0) is 42.8 Å². The summed E-state index contributed by atoms with van der Waals surface area (Å²) in [5.41, 5.74) is 2.51. The van der Waals surface area contributed by atoms with Crippen molar-refractivity contribution in [3.05, 3.63) is 57.3 Å². The van der Waals surface area contributed by atoms with Crippen LogP contribution in [0.25, 0.3) is 0 Å². The van der Waals surface area contributed by atoms with Crippen LogP contribution in [0.3, 0.4) is 0 Å². The number of ether oxygens (including phenoxy) is 1. The van der Waals surface area contributed by atoms with Crippen LogP contribution in [0.5, 0.6) is 5.75 Å². The average molecular weight is 326 g/mol. The number of benzene rings is 2. The number of anilines is 1. The van der Waals surface area contributed by atoms with E-state index in [2.05, 4.69) is 5.32 Å². The molecule has 0 aromatic heterocycles. The molecule has 0 spiro atoms. The highest BCUT2D eigenvalue weighted by atomic mass is 35.5. The van der Waals surface area contributed by atoms with Crippen molar-refractivity contribution in [2.75, 3.05) is 11.9 Å². The number of hydrogen-bond acceptors (Lipinski definition) is 2. The largest absolute Gasteiger partial charge is 0.492 e. The van der Waals surface area contributed by atoms with Crippen molar-refractivity contribution in [3.63, 3.8) is 0 Å². The first-order valence-corrected chi connectivity index (χ1v) is 7.44. The lowest BCUT2D eigenvalue weighted by atomic mass is 10.00. The summed E-state index contributed by atoms with van der Waals surface area (Å²) >= 11 is 12.2. The number of nitrogens with one attached hydrogen (secondary N) is 1. The van der Waals surface area contributed by atoms with Crippen LogP contribution in [0.1, 0.15) is 23.6 Å². The zero-order valence-corrected chi connectivity index (χ0v) is 12.9. The first-order valence-electron chi connectivity index (χ1n) is 6.68. The second kappa shape index (κ2) is 5.74. The highest BCUT2D eigenvalue weighted by Crippen LogP contribution is 2.41. The summed E-state index contributed by atoms with van der Waals surface area (Å²) in [5.74, 6) is 0.395. The molecule has 0 saturated heterocycles. The topological polar surface area (TPSA) is 21.3 Å². The van der Waals surface area contributed by atoms with E-state index < -0.39 is 0 Å². The zero-order chi connectivity index (χ0) is 15.0. The Balaban J connectivity index is 1.95. The van der Waals surface area contributed by atoms with Gasteiger partial charge in [0.05, 0.1) is 17.7 Å². The summed E-state index contributed by atoms with van der Waals surface area (Å²) in [5, 5.41) is 4.40. The Labute approximate surface area is 132 Å². The molecule has 0 saturated carbocycles. The molecule has 1 aliphatic heterocycles. The van der Waals surface area contributed by atoms with Crippen LogP contribution in [-0.4, -0.2) is 6.61 Å². The lowest BCUT2D eigenvalue weighted by Gasteiger charge is -2.28. The molecule has 3 rings (SSSR count). The van der Waals surface area contributed by atoms with E-state index >= 15 is 0 Å². The van der Waals surface area contributed by atoms with Gasteiger partial charge in [0.25, 0.3) is 0 Å². The quantitative estimate of drug-likeness (QED) is 0.800. The van der Waals surface area contributed by atoms with Crippen LogP contribution in [0.15, 0.2) is 30.3 Å². The number of hydrogen-bond donors (Lipinski definition) is 1. The number of fused-ring (bicyclic) bond motifs is 1. The van der Waals surface area contributed by atoms with Gasteiger partial charge in [-0.15, -0.1) is 0 Å². The maximum absolute atomic E-state index is 13.5. The Morgan fingerprint density at radius 2 is 2.00 bits per heavy atom. The molecule has 0 bridgehead atoms. The second-order valence-electron chi connectivity index (χ2n) is 5.16. The Morgan fingerprint density at radius 3 is 2.76 bits per heavy atom. The summed E-state index contributed by atoms with van der Waals surface area (Å²) in [4.78, 5) is 0. The standard InChI is InChI=1S/C16H14Cl2FNO/c1-9-4-11(19)8-12(5-9)20-15-2-3-21-16-13(15)6-10(17)7-14(16)18/h4-8,15,20H,2-3H2,1H3. The Morgan fingerprint density at radius 1 is 1.19 bits per heavy atom. The molecule has 0 aliphatic carbocycles. The maximum Gasteiger partial charge on any atom is 0.143 e. The van der Waals surface area contributed by atoms with Crippen molar-refractivity contribution >= 4 is 28.9 Å². The van der Waals surface area contributed by atoms with Crippen LogP contribution in [0, 0.1) is 12.7 Å². The fraction of sp³-hybridized carbons (Fsp3) is 0.250. The molecular formula is C16H14Cl2FNO. The van der Waals surface area contributed by atoms with Gasteiger partial charge in [-0.2, -0.15) is 0 Å². The summed E-state index contributed by atoms with van der Waals surface area (Å²) in [6.07, 6.45) is 0.763. The van der Waals surface area contributed by atoms with Gasteiger partial charge in [-0.25, -0.2) is 4.39 Å². The Kier molecular flexibility index (Phi) is 3.96. The molecule has 5 heteroatoms. The highest BCUT2D eigenvalue weighted by molar-refractivity contribution is 6.35. The molecule has 1 unspecified atom stereocenters. The van der Waals surface area contributed by atoms with E-state index in [1.54, 1.807) is 6.07 Å². The summed E-state index contributed by atoms with van der Waals surface area (Å²) in [6.45, 7) is 2.42. The minimum absolute atomic E-state index is 0.00819. The molecule has 1 atom stereocenters. The van der Waals surface area contributed by atoms with Gasteiger partial charge in [0.15, 0.2) is 0 Å². The van der Waals surface area contributed by atoms with Gasteiger partial charge < -0.3 is 10.1 Å². The highest BCUT2D eigenvalue weighted by Gasteiger charge is 2.24. The van der Waals surface area contributed by atoms with E-state index in [4.69, 9.17) is 27.9 Å². The molecule has 1 heterocycles. The SMILES string of the molecule is Cc1cc(F)cc(NC2CCOc3c(Cl)cc(Cl)cc32)c1. The van der Waals surface area contributed by atoms with Gasteiger partial charge >= 0.3 is 0 Å². The van der Waals surface area contributed by atoms with E-state index in [9.17, 15) is 4.39 Å². The van der Waals surface area contributed by atoms with E-state index in [-0.39, 0.29) is 11.9 Å². The van der Waals surface area contributed by atoms with Crippen molar-refractivity contribution in [1.82, 2.24) is 0 Å². The van der Waals surface area contributed by atoms with Crippen LogP contribution in [-0.2, 0) is 0 Å². The maximum atomic E-state index is 13.5. The van der Waals surface area contributed by atoms with Crippen LogP contribution >= 0.6 is 23.2 Å². The third kappa shape index (κ3) is 3.09. The third-order valence-corrected chi connectivity index (χ3v) is 3.95. The molecule has 0 fully saturated rings. The Bertz CT molecular complexity index is 670. The number of rotatable bonds is 2. The van der Waals surface area contributed by atoms with Crippen LogP contribution in [0.2, 0.25) is 10.0 Å². The van der Waals surface area contributed by atoms with Crippen molar-refractivity contribution in [1.29, 1.82) is 0 Å². The molecule has 0 amide bonds. The molecule has 2 aromatic carbocycles. The molecule has 21 heavy (non-hydrogen) atoms. The normalized spacial score (nSPS) is 17.0. The smallest absolute Gasteiger partial charge is 0.143 e. The predicted molar refractivity (Wildman–Crippen MR) is 84.1 cm³/mol. The lowest BCUT2D eigenvalue weighted by Crippen LogP contribution is -2.20. The van der Waals surface area contributed by atoms with Gasteiger partial charge in [-0.3, -0.25) is 0 Å². The van der Waals surface area contributed by atoms with Gasteiger partial charge in [0, 0.05) is 22.7 Å². The monoisotopic (exact) mass is 325 g/mol. The van der Waals surface area contributed by atoms with E-state index in [0.29, 0.717) is 22.4 Å². The molecule has 0 radical (unpaired) electrons. The predicted octanol–water partition coefficient (Wildman–Crippen LogP) is 5.38. The summed E-state index contributed by atoms with van der Waals surface area (Å²) in [6, 6.07) is 8.38. The van der Waals surface area contributed by atoms with E-state index in [1.165, 1.54) is 12.1 Å². The summed E-state index contributed by atoms with van der Waals surface area (Å²) < 4.78 is 19.1. The Hall–Kier alpha value is -1.45. The average Bonchev–Trinajstić information content (AvgIpc) is 2.38. The molecule has 2 nitrogen and oxygen atoms in total. The first-order chi connectivity index (χ1) is 10.0. The second-order valence-corrected chi connectivity index (χ2v) is 6.00. The van der Waals surface area contributed by atoms with Crippen molar-refractivity contribution in [2.45, 2.75) is 19.4 Å². The zero-order valence-electron chi connectivity index (χ0n) is 11.4. The van der Waals surface area contributed by atoms with E-state index in [0.717, 1.165) is 23.2 Å². The summed E-state index contributed by atoms with van der Waals surface area (Å²) in [7, 11) is 0. The van der Waals surface area contributed by atoms with Crippen LogP contribution in [0.4, 0.5) is 10.1 Å². The molecule has 1 aliphatic rings. The minimum atomic E-state index is -0.256. The van der Waals surface area contributed by atoms with Crippen molar-refractivity contribution in [3.8, 4) is 5.75 Å². The van der Waals surface area contributed by atoms with Gasteiger partial charge in [-0.1, -0.05) is 23.2 Å². The molecule has 2 aromatic rings. The number of halogens is 3. The fourth-order valence-corrected chi connectivity index (χ4v) is 3.16. The lowest BCUT2D eigenvalue weighted by molar-refractivity contribution is 0.274. The number of aryl methyl sites for hydroxylation is 1. The van der Waals surface area contributed by atoms with Crippen LogP contribution < -0.4 is 10.1 Å². The fourth-order valence-electron chi connectivity index (χ4n) is 2.60. The first kappa shape index (κ1) is 14.5. The van der Waals surface area contributed by atoms with Crippen molar-refractivity contribution in [2.24, 2.45) is 0 Å². The van der Waals surface area contributed by atoms with E-state index in [1.807, 2.05) is 19.1 Å². The molecule has 1 N–H and O–H groups in total. The minimum Gasteiger partial charge on any atom is -0.492 e. The van der Waals surface area contributed by atoms with Gasteiger partial charge in [0.2, 0.25) is 0 Å². The molecule has 110 valence electrons. The molecular weight excluding hydrogens is 312 g/mol. The van der Waals surface area contributed by atoms with Gasteiger partial charge in [0.1, 0.15) is 11.6 Å².